The topological polar surface area (TPSA) is 64.8 Å². The van der Waals surface area contributed by atoms with Crippen LogP contribution in [0.3, 0.4) is 0 Å². The van der Waals surface area contributed by atoms with Gasteiger partial charge in [-0.1, -0.05) is 36.4 Å². The maximum absolute atomic E-state index is 12.4. The number of benzene rings is 3. The minimum atomic E-state index is -0.157. The third-order valence-corrected chi connectivity index (χ3v) is 5.07. The highest BCUT2D eigenvalue weighted by Gasteiger charge is 2.11. The Morgan fingerprint density at radius 3 is 2.27 bits per heavy atom. The molecule has 0 aliphatic heterocycles. The number of aromatic nitrogens is 1. The van der Waals surface area contributed by atoms with Crippen LogP contribution < -0.4 is 14.9 Å². The van der Waals surface area contributed by atoms with E-state index in [1.54, 1.807) is 38.6 Å². The summed E-state index contributed by atoms with van der Waals surface area (Å²) in [7, 11) is 3.18. The van der Waals surface area contributed by atoms with Crippen LogP contribution >= 0.6 is 0 Å². The first kappa shape index (κ1) is 19.5. The molecule has 0 aliphatic carbocycles. The predicted octanol–water partition coefficient (Wildman–Crippen LogP) is 4.35. The van der Waals surface area contributed by atoms with E-state index in [1.165, 1.54) is 10.8 Å². The summed E-state index contributed by atoms with van der Waals surface area (Å²) in [6, 6.07) is 21.9. The Kier molecular flexibility index (Phi) is 5.66. The number of hydrazone groups is 1. The van der Waals surface area contributed by atoms with Crippen LogP contribution in [0.1, 0.15) is 12.0 Å². The Bertz CT molecular complexity index is 1170. The summed E-state index contributed by atoms with van der Waals surface area (Å²) in [4.78, 5) is 12.4. The van der Waals surface area contributed by atoms with Gasteiger partial charge in [0.15, 0.2) is 0 Å². The molecule has 0 saturated heterocycles. The van der Waals surface area contributed by atoms with Gasteiger partial charge in [-0.3, -0.25) is 4.79 Å². The number of methoxy groups -OCH3 is 2. The van der Waals surface area contributed by atoms with Crippen molar-refractivity contribution in [1.82, 2.24) is 9.99 Å². The summed E-state index contributed by atoms with van der Waals surface area (Å²) in [5.74, 6) is 1.18. The van der Waals surface area contributed by atoms with E-state index < -0.39 is 0 Å². The molecule has 1 N–H and O–H groups in total. The predicted molar refractivity (Wildman–Crippen MR) is 119 cm³/mol. The van der Waals surface area contributed by atoms with E-state index in [-0.39, 0.29) is 5.91 Å². The molecule has 0 aliphatic rings. The number of fused-ring (bicyclic) bond motifs is 3. The molecule has 4 aromatic rings. The molecular weight excluding hydrogens is 378 g/mol. The first-order valence-corrected chi connectivity index (χ1v) is 9.71. The molecule has 1 aromatic heterocycles. The van der Waals surface area contributed by atoms with Gasteiger partial charge < -0.3 is 14.0 Å². The average molecular weight is 401 g/mol. The van der Waals surface area contributed by atoms with Gasteiger partial charge in [-0.05, 0) is 30.3 Å². The van der Waals surface area contributed by atoms with Crippen molar-refractivity contribution in [3.05, 3.63) is 72.3 Å². The Morgan fingerprint density at radius 2 is 1.63 bits per heavy atom. The summed E-state index contributed by atoms with van der Waals surface area (Å²) in [6.45, 7) is 0.567. The summed E-state index contributed by atoms with van der Waals surface area (Å²) in [6.07, 6.45) is 1.87. The number of hydrogen-bond donors (Lipinski definition) is 1. The lowest BCUT2D eigenvalue weighted by Gasteiger charge is -2.08. The van der Waals surface area contributed by atoms with Crippen LogP contribution in [0, 0.1) is 0 Å². The molecule has 4 rings (SSSR count). The standard InChI is InChI=1S/C24H23N3O3/c1-29-18-11-12-23(30-2)17(15-18)16-25-26-24(28)13-14-27-21-9-5-3-7-19(21)20-8-4-6-10-22(20)27/h3-12,15-16H,13-14H2,1-2H3,(H,26,28). The fourth-order valence-electron chi connectivity index (χ4n) is 3.63. The van der Waals surface area contributed by atoms with Crippen molar-refractivity contribution >= 4 is 33.9 Å². The molecule has 30 heavy (non-hydrogen) atoms. The minimum Gasteiger partial charge on any atom is -0.497 e. The number of amides is 1. The molecule has 6 heteroatoms. The van der Waals surface area contributed by atoms with Crippen LogP contribution in [-0.2, 0) is 11.3 Å². The van der Waals surface area contributed by atoms with Crippen LogP contribution in [0.15, 0.2) is 71.8 Å². The van der Waals surface area contributed by atoms with E-state index in [9.17, 15) is 4.79 Å². The zero-order valence-electron chi connectivity index (χ0n) is 17.0. The number of aryl methyl sites for hydroxylation is 1. The molecule has 0 saturated carbocycles. The fourth-order valence-corrected chi connectivity index (χ4v) is 3.63. The van der Waals surface area contributed by atoms with Crippen molar-refractivity contribution in [3.8, 4) is 11.5 Å². The highest BCUT2D eigenvalue weighted by molar-refractivity contribution is 6.08. The van der Waals surface area contributed by atoms with Crippen LogP contribution in [0.4, 0.5) is 0 Å². The van der Waals surface area contributed by atoms with Crippen molar-refractivity contribution in [3.63, 3.8) is 0 Å². The molecule has 152 valence electrons. The lowest BCUT2D eigenvalue weighted by Crippen LogP contribution is -2.19. The molecule has 0 atom stereocenters. The Hall–Kier alpha value is -3.80. The second kappa shape index (κ2) is 8.69. The summed E-state index contributed by atoms with van der Waals surface area (Å²) < 4.78 is 12.7. The molecule has 3 aromatic carbocycles. The number of carbonyl (C=O) groups excluding carboxylic acids is 1. The van der Waals surface area contributed by atoms with E-state index in [0.717, 1.165) is 16.6 Å². The molecule has 0 bridgehead atoms. The van der Waals surface area contributed by atoms with Gasteiger partial charge in [-0.25, -0.2) is 5.43 Å². The quantitative estimate of drug-likeness (QED) is 0.370. The monoisotopic (exact) mass is 401 g/mol. The fraction of sp³-hybridized carbons (Fsp3) is 0.167. The van der Waals surface area contributed by atoms with Crippen LogP contribution in [0.2, 0.25) is 0 Å². The first-order valence-electron chi connectivity index (χ1n) is 9.71. The number of carbonyl (C=O) groups is 1. The molecule has 1 amide bonds. The molecular formula is C24H23N3O3. The number of nitrogens with zero attached hydrogens (tertiary/aromatic N) is 2. The number of hydrogen-bond acceptors (Lipinski definition) is 4. The van der Waals surface area contributed by atoms with Gasteiger partial charge in [-0.2, -0.15) is 5.10 Å². The third-order valence-electron chi connectivity index (χ3n) is 5.07. The smallest absolute Gasteiger partial charge is 0.241 e. The lowest BCUT2D eigenvalue weighted by molar-refractivity contribution is -0.121. The zero-order valence-corrected chi connectivity index (χ0v) is 17.0. The van der Waals surface area contributed by atoms with Crippen molar-refractivity contribution in [2.24, 2.45) is 5.10 Å². The minimum absolute atomic E-state index is 0.157. The lowest BCUT2D eigenvalue weighted by atomic mass is 10.2. The average Bonchev–Trinajstić information content (AvgIpc) is 3.11. The van der Waals surface area contributed by atoms with E-state index in [2.05, 4.69) is 39.4 Å². The third kappa shape index (κ3) is 3.85. The number of para-hydroxylation sites is 2. The van der Waals surface area contributed by atoms with E-state index in [4.69, 9.17) is 9.47 Å². The Balaban J connectivity index is 1.47. The van der Waals surface area contributed by atoms with Gasteiger partial charge in [0, 0.05) is 40.3 Å². The summed E-state index contributed by atoms with van der Waals surface area (Å²) in [5.41, 5.74) is 5.56. The molecule has 0 spiro atoms. The largest absolute Gasteiger partial charge is 0.497 e. The van der Waals surface area contributed by atoms with Gasteiger partial charge in [0.2, 0.25) is 5.91 Å². The first-order chi connectivity index (χ1) is 14.7. The zero-order chi connectivity index (χ0) is 20.9. The van der Waals surface area contributed by atoms with Crippen molar-refractivity contribution in [1.29, 1.82) is 0 Å². The van der Waals surface area contributed by atoms with Crippen molar-refractivity contribution in [2.45, 2.75) is 13.0 Å². The molecule has 1 heterocycles. The van der Waals surface area contributed by atoms with Crippen molar-refractivity contribution < 1.29 is 14.3 Å². The van der Waals surface area contributed by atoms with E-state index in [1.807, 2.05) is 24.3 Å². The maximum Gasteiger partial charge on any atom is 0.241 e. The number of nitrogens with one attached hydrogen (secondary N) is 1. The molecule has 0 fully saturated rings. The van der Waals surface area contributed by atoms with Gasteiger partial charge in [-0.15, -0.1) is 0 Å². The summed E-state index contributed by atoms with van der Waals surface area (Å²) >= 11 is 0. The maximum atomic E-state index is 12.4. The van der Waals surface area contributed by atoms with Gasteiger partial charge in [0.25, 0.3) is 0 Å². The highest BCUT2D eigenvalue weighted by atomic mass is 16.5. The molecule has 0 unspecified atom stereocenters. The molecule has 6 nitrogen and oxygen atoms in total. The normalized spacial score (nSPS) is 11.3. The van der Waals surface area contributed by atoms with E-state index in [0.29, 0.717) is 24.5 Å². The van der Waals surface area contributed by atoms with Crippen molar-refractivity contribution in [2.75, 3.05) is 14.2 Å². The van der Waals surface area contributed by atoms with E-state index >= 15 is 0 Å². The number of rotatable bonds is 7. The highest BCUT2D eigenvalue weighted by Crippen LogP contribution is 2.28. The second-order valence-electron chi connectivity index (χ2n) is 6.84. The molecule has 0 radical (unpaired) electrons. The van der Waals surface area contributed by atoms with Crippen LogP contribution in [0.5, 0.6) is 11.5 Å². The van der Waals surface area contributed by atoms with Gasteiger partial charge in [0.05, 0.1) is 20.4 Å². The van der Waals surface area contributed by atoms with Crippen LogP contribution in [0.25, 0.3) is 21.8 Å². The van der Waals surface area contributed by atoms with Gasteiger partial charge >= 0.3 is 0 Å². The SMILES string of the molecule is COc1ccc(OC)c(C=NNC(=O)CCn2c3ccccc3c3ccccc32)c1. The Morgan fingerprint density at radius 1 is 0.967 bits per heavy atom. The summed E-state index contributed by atoms with van der Waals surface area (Å²) in [5, 5.41) is 6.46. The second-order valence-corrected chi connectivity index (χ2v) is 6.84. The van der Waals surface area contributed by atoms with Gasteiger partial charge in [0.1, 0.15) is 11.5 Å². The van der Waals surface area contributed by atoms with Crippen LogP contribution in [-0.4, -0.2) is 30.9 Å². The number of ether oxygens (including phenoxy) is 2. The Labute approximate surface area is 174 Å².